The first-order valence-corrected chi connectivity index (χ1v) is 6.71. The molecule has 0 aliphatic heterocycles. The van der Waals surface area contributed by atoms with E-state index in [0.29, 0.717) is 16.5 Å². The van der Waals surface area contributed by atoms with E-state index in [0.717, 1.165) is 18.6 Å². The van der Waals surface area contributed by atoms with Gasteiger partial charge in [0.25, 0.3) is 5.91 Å². The van der Waals surface area contributed by atoms with Crippen LogP contribution in [0.2, 0.25) is 5.02 Å². The predicted molar refractivity (Wildman–Crippen MR) is 74.0 cm³/mol. The Bertz CT molecular complexity index is 471. The summed E-state index contributed by atoms with van der Waals surface area (Å²) in [6, 6.07) is 6.87. The molecule has 2 rings (SSSR count). The fraction of sp³-hybridized carbons (Fsp3) is 0.429. The maximum atomic E-state index is 11.9. The molecule has 0 heterocycles. The number of halogens is 1. The van der Waals surface area contributed by atoms with Crippen molar-refractivity contribution in [2.24, 2.45) is 11.0 Å². The second-order valence-electron chi connectivity index (χ2n) is 4.55. The normalized spacial score (nSPS) is 21.2. The number of hydrogen-bond donors (Lipinski definition) is 1. The molecule has 4 heteroatoms. The van der Waals surface area contributed by atoms with Crippen LogP contribution in [0.3, 0.4) is 0 Å². The SMILES string of the molecule is CCC1CCC/C1=N\NC(=O)c1cccc(Cl)c1. The minimum atomic E-state index is -0.202. The number of nitrogens with zero attached hydrogens (tertiary/aromatic N) is 1. The first-order valence-electron chi connectivity index (χ1n) is 6.33. The molecule has 1 atom stereocenters. The van der Waals surface area contributed by atoms with E-state index in [2.05, 4.69) is 17.5 Å². The molecule has 0 aromatic heterocycles. The van der Waals surface area contributed by atoms with Gasteiger partial charge in [-0.05, 0) is 49.8 Å². The van der Waals surface area contributed by atoms with Crippen LogP contribution in [0.15, 0.2) is 29.4 Å². The summed E-state index contributed by atoms with van der Waals surface area (Å²) in [5, 5.41) is 4.81. The highest BCUT2D eigenvalue weighted by Gasteiger charge is 2.21. The Morgan fingerprint density at radius 2 is 2.39 bits per heavy atom. The largest absolute Gasteiger partial charge is 0.271 e. The summed E-state index contributed by atoms with van der Waals surface area (Å²) >= 11 is 5.85. The average molecular weight is 265 g/mol. The van der Waals surface area contributed by atoms with E-state index < -0.39 is 0 Å². The van der Waals surface area contributed by atoms with E-state index in [9.17, 15) is 4.79 Å². The van der Waals surface area contributed by atoms with Gasteiger partial charge < -0.3 is 0 Å². The highest BCUT2D eigenvalue weighted by molar-refractivity contribution is 6.30. The number of hydrogen-bond acceptors (Lipinski definition) is 2. The van der Waals surface area contributed by atoms with Crippen molar-refractivity contribution in [2.75, 3.05) is 0 Å². The van der Waals surface area contributed by atoms with Gasteiger partial charge in [-0.15, -0.1) is 0 Å². The summed E-state index contributed by atoms with van der Waals surface area (Å²) in [6.45, 7) is 2.16. The lowest BCUT2D eigenvalue weighted by atomic mass is 10.0. The zero-order valence-electron chi connectivity index (χ0n) is 10.4. The molecule has 1 aliphatic carbocycles. The van der Waals surface area contributed by atoms with E-state index in [1.54, 1.807) is 24.3 Å². The standard InChI is InChI=1S/C14H17ClN2O/c1-2-10-5-4-8-13(10)16-17-14(18)11-6-3-7-12(15)9-11/h3,6-7,9-10H,2,4-5,8H2,1H3,(H,17,18)/b16-13+. The molecule has 1 saturated carbocycles. The molecule has 0 bridgehead atoms. The average Bonchev–Trinajstić information content (AvgIpc) is 2.83. The number of carbonyl (C=O) groups is 1. The van der Waals surface area contributed by atoms with Crippen LogP contribution in [0.1, 0.15) is 43.0 Å². The Morgan fingerprint density at radius 1 is 1.56 bits per heavy atom. The second kappa shape index (κ2) is 6.01. The maximum absolute atomic E-state index is 11.9. The van der Waals surface area contributed by atoms with Crippen molar-refractivity contribution >= 4 is 23.2 Å². The quantitative estimate of drug-likeness (QED) is 0.832. The van der Waals surface area contributed by atoms with E-state index in [4.69, 9.17) is 11.6 Å². The molecule has 0 saturated heterocycles. The zero-order chi connectivity index (χ0) is 13.0. The number of amides is 1. The van der Waals surface area contributed by atoms with Crippen LogP contribution in [0, 0.1) is 5.92 Å². The Kier molecular flexibility index (Phi) is 4.37. The van der Waals surface area contributed by atoms with Crippen LogP contribution < -0.4 is 5.43 Å². The molecule has 1 N–H and O–H groups in total. The van der Waals surface area contributed by atoms with Gasteiger partial charge in [-0.2, -0.15) is 5.10 Å². The highest BCUT2D eigenvalue weighted by Crippen LogP contribution is 2.24. The first kappa shape index (κ1) is 13.1. The molecule has 0 radical (unpaired) electrons. The van der Waals surface area contributed by atoms with Crippen LogP contribution in [0.5, 0.6) is 0 Å². The molecule has 1 aliphatic rings. The van der Waals surface area contributed by atoms with Crippen molar-refractivity contribution in [2.45, 2.75) is 32.6 Å². The van der Waals surface area contributed by atoms with E-state index in [1.807, 2.05) is 0 Å². The molecular formula is C14H17ClN2O. The van der Waals surface area contributed by atoms with E-state index in [-0.39, 0.29) is 5.91 Å². The monoisotopic (exact) mass is 264 g/mol. The molecule has 1 amide bonds. The van der Waals surface area contributed by atoms with Gasteiger partial charge in [-0.3, -0.25) is 4.79 Å². The van der Waals surface area contributed by atoms with Gasteiger partial charge in [0, 0.05) is 16.3 Å². The van der Waals surface area contributed by atoms with Crippen molar-refractivity contribution in [3.63, 3.8) is 0 Å². The Morgan fingerprint density at radius 3 is 3.11 bits per heavy atom. The summed E-state index contributed by atoms with van der Waals surface area (Å²) in [7, 11) is 0. The number of rotatable bonds is 3. The molecule has 1 aromatic rings. The lowest BCUT2D eigenvalue weighted by Crippen LogP contribution is -2.20. The van der Waals surface area contributed by atoms with Gasteiger partial charge in [-0.25, -0.2) is 5.43 Å². The molecule has 1 unspecified atom stereocenters. The predicted octanol–water partition coefficient (Wildman–Crippen LogP) is 3.64. The third-order valence-corrected chi connectivity index (χ3v) is 3.57. The van der Waals surface area contributed by atoms with Crippen molar-refractivity contribution in [1.29, 1.82) is 0 Å². The molecular weight excluding hydrogens is 248 g/mol. The molecule has 3 nitrogen and oxygen atoms in total. The number of carbonyl (C=O) groups excluding carboxylic acids is 1. The summed E-state index contributed by atoms with van der Waals surface area (Å²) in [5.74, 6) is 0.330. The molecule has 18 heavy (non-hydrogen) atoms. The van der Waals surface area contributed by atoms with Crippen LogP contribution in [-0.4, -0.2) is 11.6 Å². The number of nitrogens with one attached hydrogen (secondary N) is 1. The minimum Gasteiger partial charge on any atom is -0.267 e. The number of hydrazone groups is 1. The third kappa shape index (κ3) is 3.10. The topological polar surface area (TPSA) is 41.5 Å². The van der Waals surface area contributed by atoms with Gasteiger partial charge in [0.15, 0.2) is 0 Å². The maximum Gasteiger partial charge on any atom is 0.271 e. The Labute approximate surface area is 112 Å². The summed E-state index contributed by atoms with van der Waals surface area (Å²) in [4.78, 5) is 11.9. The highest BCUT2D eigenvalue weighted by atomic mass is 35.5. The lowest BCUT2D eigenvalue weighted by molar-refractivity contribution is 0.0954. The van der Waals surface area contributed by atoms with Gasteiger partial charge in [0.1, 0.15) is 0 Å². The van der Waals surface area contributed by atoms with Crippen molar-refractivity contribution in [1.82, 2.24) is 5.43 Å². The van der Waals surface area contributed by atoms with Crippen LogP contribution >= 0.6 is 11.6 Å². The van der Waals surface area contributed by atoms with Gasteiger partial charge >= 0.3 is 0 Å². The van der Waals surface area contributed by atoms with Gasteiger partial charge in [0.2, 0.25) is 0 Å². The zero-order valence-corrected chi connectivity index (χ0v) is 11.2. The van der Waals surface area contributed by atoms with Crippen LogP contribution in [0.25, 0.3) is 0 Å². The van der Waals surface area contributed by atoms with E-state index >= 15 is 0 Å². The summed E-state index contributed by atoms with van der Waals surface area (Å²) in [6.07, 6.45) is 4.44. The molecule has 96 valence electrons. The fourth-order valence-electron chi connectivity index (χ4n) is 2.30. The summed E-state index contributed by atoms with van der Waals surface area (Å²) in [5.41, 5.74) is 4.28. The summed E-state index contributed by atoms with van der Waals surface area (Å²) < 4.78 is 0. The fourth-order valence-corrected chi connectivity index (χ4v) is 2.49. The van der Waals surface area contributed by atoms with Crippen molar-refractivity contribution in [3.05, 3.63) is 34.9 Å². The molecule has 0 spiro atoms. The van der Waals surface area contributed by atoms with Crippen LogP contribution in [0.4, 0.5) is 0 Å². The van der Waals surface area contributed by atoms with Gasteiger partial charge in [-0.1, -0.05) is 24.6 Å². The van der Waals surface area contributed by atoms with Crippen LogP contribution in [-0.2, 0) is 0 Å². The third-order valence-electron chi connectivity index (χ3n) is 3.34. The Hall–Kier alpha value is -1.35. The molecule has 1 aromatic carbocycles. The second-order valence-corrected chi connectivity index (χ2v) is 4.99. The van der Waals surface area contributed by atoms with Gasteiger partial charge in [0.05, 0.1) is 0 Å². The Balaban J connectivity index is 2.02. The van der Waals surface area contributed by atoms with Crippen molar-refractivity contribution < 1.29 is 4.79 Å². The molecule has 1 fully saturated rings. The smallest absolute Gasteiger partial charge is 0.267 e. The first-order chi connectivity index (χ1) is 8.70. The minimum absolute atomic E-state index is 0.202. The van der Waals surface area contributed by atoms with Crippen molar-refractivity contribution in [3.8, 4) is 0 Å². The lowest BCUT2D eigenvalue weighted by Gasteiger charge is -2.07. The number of benzene rings is 1. The van der Waals surface area contributed by atoms with E-state index in [1.165, 1.54) is 12.8 Å².